The number of hydrogen-bond acceptors (Lipinski definition) is 5. The molecule has 2 fully saturated rings. The molecule has 116 valence electrons. The largest absolute Gasteiger partial charge is 0.369 e. The molecular weight excluding hydrogens is 278 g/mol. The molecule has 0 bridgehead atoms. The maximum absolute atomic E-state index is 12.5. The normalized spacial score (nSPS) is 34.8. The van der Waals surface area contributed by atoms with E-state index in [1.807, 2.05) is 27.7 Å². The third-order valence-electron chi connectivity index (χ3n) is 4.21. The molecule has 20 heavy (non-hydrogen) atoms. The van der Waals surface area contributed by atoms with Crippen LogP contribution in [0.5, 0.6) is 0 Å². The highest BCUT2D eigenvalue weighted by Crippen LogP contribution is 2.42. The van der Waals surface area contributed by atoms with Gasteiger partial charge in [0.25, 0.3) is 0 Å². The number of hydrogen-bond donors (Lipinski definition) is 1. The van der Waals surface area contributed by atoms with E-state index in [0.29, 0.717) is 13.0 Å². The van der Waals surface area contributed by atoms with E-state index in [9.17, 15) is 13.2 Å². The van der Waals surface area contributed by atoms with Crippen LogP contribution in [-0.4, -0.2) is 49.5 Å². The standard InChI is InChI=1S/C14H25NO4S/c1-13(2)8-11(14(3,4)19-13)12(16)7-10-9-20(17,18)6-5-15-10/h10-11,15H,5-9H2,1-4H3. The molecule has 2 rings (SSSR count). The molecule has 2 aliphatic heterocycles. The van der Waals surface area contributed by atoms with Gasteiger partial charge in [0.1, 0.15) is 5.78 Å². The Kier molecular flexibility index (Phi) is 4.04. The van der Waals surface area contributed by atoms with Crippen molar-refractivity contribution >= 4 is 15.6 Å². The van der Waals surface area contributed by atoms with Crippen molar-refractivity contribution in [2.24, 2.45) is 5.92 Å². The minimum Gasteiger partial charge on any atom is -0.369 e. The fourth-order valence-corrected chi connectivity index (χ4v) is 4.89. The molecule has 0 aromatic heterocycles. The third kappa shape index (κ3) is 3.59. The van der Waals surface area contributed by atoms with E-state index in [4.69, 9.17) is 4.74 Å². The van der Waals surface area contributed by atoms with Crippen LogP contribution >= 0.6 is 0 Å². The summed E-state index contributed by atoms with van der Waals surface area (Å²) in [5.74, 6) is 0.179. The molecule has 2 heterocycles. The first-order chi connectivity index (χ1) is 9.01. The number of rotatable bonds is 3. The summed E-state index contributed by atoms with van der Waals surface area (Å²) in [6.45, 7) is 8.30. The van der Waals surface area contributed by atoms with Gasteiger partial charge in [-0.15, -0.1) is 0 Å². The smallest absolute Gasteiger partial charge is 0.153 e. The lowest BCUT2D eigenvalue weighted by Gasteiger charge is -2.28. The van der Waals surface area contributed by atoms with Crippen molar-refractivity contribution in [3.63, 3.8) is 0 Å². The van der Waals surface area contributed by atoms with Gasteiger partial charge in [0, 0.05) is 24.9 Å². The number of ketones is 1. The van der Waals surface area contributed by atoms with Crippen molar-refractivity contribution in [2.75, 3.05) is 18.1 Å². The van der Waals surface area contributed by atoms with Crippen LogP contribution in [0.3, 0.4) is 0 Å². The van der Waals surface area contributed by atoms with Crippen LogP contribution in [0.15, 0.2) is 0 Å². The van der Waals surface area contributed by atoms with Gasteiger partial charge in [-0.1, -0.05) is 0 Å². The second-order valence-electron chi connectivity index (χ2n) is 7.16. The Bertz CT molecular complexity index is 495. The van der Waals surface area contributed by atoms with Gasteiger partial charge in [0.05, 0.1) is 22.7 Å². The summed E-state index contributed by atoms with van der Waals surface area (Å²) < 4.78 is 29.2. The predicted octanol–water partition coefficient (Wildman–Crippen LogP) is 0.926. The summed E-state index contributed by atoms with van der Waals surface area (Å²) in [6.07, 6.45) is 0.963. The maximum atomic E-state index is 12.5. The highest BCUT2D eigenvalue weighted by Gasteiger charge is 2.49. The lowest BCUT2D eigenvalue weighted by Crippen LogP contribution is -2.47. The Morgan fingerprint density at radius 1 is 1.30 bits per heavy atom. The molecule has 0 aromatic carbocycles. The van der Waals surface area contributed by atoms with Gasteiger partial charge in [-0.3, -0.25) is 4.79 Å². The number of carbonyl (C=O) groups excluding carboxylic acids is 1. The molecule has 0 aliphatic carbocycles. The molecule has 0 spiro atoms. The van der Waals surface area contributed by atoms with E-state index >= 15 is 0 Å². The van der Waals surface area contributed by atoms with Crippen LogP contribution in [0.2, 0.25) is 0 Å². The van der Waals surface area contributed by atoms with E-state index in [1.165, 1.54) is 0 Å². The first-order valence-electron chi connectivity index (χ1n) is 7.17. The van der Waals surface area contributed by atoms with Gasteiger partial charge in [-0.05, 0) is 34.1 Å². The third-order valence-corrected chi connectivity index (χ3v) is 5.95. The second-order valence-corrected chi connectivity index (χ2v) is 9.39. The quantitative estimate of drug-likeness (QED) is 0.839. The Hall–Kier alpha value is -0.460. The van der Waals surface area contributed by atoms with E-state index in [2.05, 4.69) is 5.32 Å². The minimum atomic E-state index is -3.00. The van der Waals surface area contributed by atoms with E-state index in [-0.39, 0.29) is 41.3 Å². The molecule has 5 nitrogen and oxygen atoms in total. The van der Waals surface area contributed by atoms with Crippen molar-refractivity contribution in [3.05, 3.63) is 0 Å². The summed E-state index contributed by atoms with van der Waals surface area (Å²) in [6, 6.07) is -0.249. The molecule has 0 aromatic rings. The lowest BCUT2D eigenvalue weighted by atomic mass is 9.82. The molecular formula is C14H25NO4S. The Morgan fingerprint density at radius 2 is 1.95 bits per heavy atom. The molecule has 2 unspecified atom stereocenters. The summed E-state index contributed by atoms with van der Waals surface area (Å²) >= 11 is 0. The van der Waals surface area contributed by atoms with Crippen LogP contribution in [0, 0.1) is 5.92 Å². The average Bonchev–Trinajstić information content (AvgIpc) is 2.45. The van der Waals surface area contributed by atoms with Crippen LogP contribution in [0.4, 0.5) is 0 Å². The lowest BCUT2D eigenvalue weighted by molar-refractivity contribution is -0.129. The molecule has 2 atom stereocenters. The van der Waals surface area contributed by atoms with Gasteiger partial charge in [0.15, 0.2) is 9.84 Å². The zero-order chi connectivity index (χ0) is 15.2. The van der Waals surface area contributed by atoms with Gasteiger partial charge >= 0.3 is 0 Å². The van der Waals surface area contributed by atoms with Crippen molar-refractivity contribution < 1.29 is 17.9 Å². The fourth-order valence-electron chi connectivity index (χ4n) is 3.45. The minimum absolute atomic E-state index is 0.0656. The average molecular weight is 303 g/mol. The van der Waals surface area contributed by atoms with Crippen LogP contribution < -0.4 is 5.32 Å². The number of sulfone groups is 1. The SMILES string of the molecule is CC1(C)CC(C(=O)CC2CS(=O)(=O)CCN2)C(C)(C)O1. The number of Topliss-reactive ketones (excluding diaryl/α,β-unsaturated/α-hetero) is 1. The van der Waals surface area contributed by atoms with Crippen molar-refractivity contribution in [1.82, 2.24) is 5.32 Å². The molecule has 2 aliphatic rings. The molecule has 6 heteroatoms. The maximum Gasteiger partial charge on any atom is 0.153 e. The van der Waals surface area contributed by atoms with Gasteiger partial charge < -0.3 is 10.1 Å². The van der Waals surface area contributed by atoms with E-state index < -0.39 is 15.4 Å². The molecule has 2 saturated heterocycles. The van der Waals surface area contributed by atoms with Crippen LogP contribution in [-0.2, 0) is 19.4 Å². The molecule has 0 amide bonds. The van der Waals surface area contributed by atoms with Gasteiger partial charge in [-0.25, -0.2) is 8.42 Å². The predicted molar refractivity (Wildman–Crippen MR) is 77.4 cm³/mol. The summed E-state index contributed by atoms with van der Waals surface area (Å²) in [7, 11) is -3.00. The Labute approximate surface area is 121 Å². The number of nitrogens with one attached hydrogen (secondary N) is 1. The first kappa shape index (κ1) is 15.9. The summed E-state index contributed by atoms with van der Waals surface area (Å²) in [5.41, 5.74) is -0.774. The summed E-state index contributed by atoms with van der Waals surface area (Å²) in [5, 5.41) is 3.14. The number of carbonyl (C=O) groups is 1. The van der Waals surface area contributed by atoms with Crippen LogP contribution in [0.25, 0.3) is 0 Å². The molecule has 1 N–H and O–H groups in total. The molecule has 0 saturated carbocycles. The van der Waals surface area contributed by atoms with Crippen molar-refractivity contribution in [2.45, 2.75) is 57.8 Å². The Morgan fingerprint density at radius 3 is 2.45 bits per heavy atom. The first-order valence-corrected chi connectivity index (χ1v) is 9.00. The van der Waals surface area contributed by atoms with E-state index in [0.717, 1.165) is 0 Å². The zero-order valence-corrected chi connectivity index (χ0v) is 13.5. The molecule has 0 radical (unpaired) electrons. The number of ether oxygens (including phenoxy) is 1. The van der Waals surface area contributed by atoms with Crippen molar-refractivity contribution in [3.8, 4) is 0 Å². The van der Waals surface area contributed by atoms with Crippen LogP contribution in [0.1, 0.15) is 40.5 Å². The second kappa shape index (κ2) is 5.07. The van der Waals surface area contributed by atoms with E-state index in [1.54, 1.807) is 0 Å². The monoisotopic (exact) mass is 303 g/mol. The fraction of sp³-hybridized carbons (Fsp3) is 0.929. The van der Waals surface area contributed by atoms with Crippen molar-refractivity contribution in [1.29, 1.82) is 0 Å². The highest BCUT2D eigenvalue weighted by molar-refractivity contribution is 7.91. The topological polar surface area (TPSA) is 72.5 Å². The summed E-state index contributed by atoms with van der Waals surface area (Å²) in [4.78, 5) is 12.5. The Balaban J connectivity index is 2.02. The van der Waals surface area contributed by atoms with Gasteiger partial charge in [-0.2, -0.15) is 0 Å². The highest BCUT2D eigenvalue weighted by atomic mass is 32.2. The van der Waals surface area contributed by atoms with Gasteiger partial charge in [0.2, 0.25) is 0 Å². The zero-order valence-electron chi connectivity index (χ0n) is 12.7.